The summed E-state index contributed by atoms with van der Waals surface area (Å²) >= 11 is 0. The van der Waals surface area contributed by atoms with Gasteiger partial charge in [-0.15, -0.1) is 0 Å². The lowest BCUT2D eigenvalue weighted by Gasteiger charge is -2.30. The van der Waals surface area contributed by atoms with Crippen molar-refractivity contribution in [2.45, 2.75) is 38.3 Å². The first-order valence-corrected chi connectivity index (χ1v) is 8.07. The zero-order valence-electron chi connectivity index (χ0n) is 12.8. The summed E-state index contributed by atoms with van der Waals surface area (Å²) in [5, 5.41) is 13.7. The summed E-state index contributed by atoms with van der Waals surface area (Å²) in [5.74, 6) is 1.81. The van der Waals surface area contributed by atoms with Crippen LogP contribution in [0.25, 0.3) is 0 Å². The van der Waals surface area contributed by atoms with E-state index in [0.29, 0.717) is 17.5 Å². The summed E-state index contributed by atoms with van der Waals surface area (Å²) in [4.78, 5) is 2.55. The summed E-state index contributed by atoms with van der Waals surface area (Å²) in [6.07, 6.45) is 5.22. The van der Waals surface area contributed by atoms with Crippen molar-refractivity contribution in [2.75, 3.05) is 26.7 Å². The van der Waals surface area contributed by atoms with Crippen molar-refractivity contribution < 1.29 is 9.84 Å². The number of hydrogen-bond donors (Lipinski definition) is 2. The molecule has 0 radical (unpaired) electrons. The Morgan fingerprint density at radius 3 is 2.81 bits per heavy atom. The average molecular weight is 290 g/mol. The third-order valence-corrected chi connectivity index (χ3v) is 4.62. The van der Waals surface area contributed by atoms with Crippen LogP contribution in [0.2, 0.25) is 0 Å². The van der Waals surface area contributed by atoms with Crippen molar-refractivity contribution in [1.82, 2.24) is 10.2 Å². The third-order valence-electron chi connectivity index (χ3n) is 4.62. The van der Waals surface area contributed by atoms with Gasteiger partial charge in [0.25, 0.3) is 0 Å². The predicted octanol–water partition coefficient (Wildman–Crippen LogP) is 2.36. The molecular formula is C17H26N2O2. The quantitative estimate of drug-likeness (QED) is 0.844. The second-order valence-corrected chi connectivity index (χ2v) is 6.37. The maximum atomic E-state index is 10.2. The van der Waals surface area contributed by atoms with Gasteiger partial charge in [-0.05, 0) is 50.8 Å². The number of rotatable bonds is 6. The second-order valence-electron chi connectivity index (χ2n) is 6.37. The first-order chi connectivity index (χ1) is 10.3. The van der Waals surface area contributed by atoms with E-state index < -0.39 is 0 Å². The van der Waals surface area contributed by atoms with Gasteiger partial charge in [-0.2, -0.15) is 0 Å². The van der Waals surface area contributed by atoms with Crippen molar-refractivity contribution in [1.29, 1.82) is 0 Å². The maximum absolute atomic E-state index is 10.2. The highest BCUT2D eigenvalue weighted by atomic mass is 16.5. The summed E-state index contributed by atoms with van der Waals surface area (Å²) in [7, 11) is 1.63. The normalized spacial score (nSPS) is 22.5. The van der Waals surface area contributed by atoms with Crippen LogP contribution < -0.4 is 10.1 Å². The van der Waals surface area contributed by atoms with Crippen LogP contribution >= 0.6 is 0 Å². The maximum Gasteiger partial charge on any atom is 0.123 e. The molecule has 0 amide bonds. The lowest BCUT2D eigenvalue weighted by molar-refractivity contribution is 0.191. The Labute approximate surface area is 127 Å². The molecule has 0 aromatic heterocycles. The molecule has 1 aliphatic carbocycles. The number of nitrogens with one attached hydrogen (secondary N) is 1. The van der Waals surface area contributed by atoms with Crippen molar-refractivity contribution in [3.63, 3.8) is 0 Å². The van der Waals surface area contributed by atoms with Gasteiger partial charge in [0.05, 0.1) is 7.11 Å². The molecule has 1 aromatic rings. The van der Waals surface area contributed by atoms with E-state index in [2.05, 4.69) is 10.2 Å². The number of piperidine rings is 1. The Kier molecular flexibility index (Phi) is 4.66. The Morgan fingerprint density at radius 2 is 2.19 bits per heavy atom. The molecule has 2 aliphatic rings. The van der Waals surface area contributed by atoms with E-state index >= 15 is 0 Å². The van der Waals surface area contributed by atoms with Gasteiger partial charge in [-0.3, -0.25) is 4.90 Å². The number of hydrogen-bond acceptors (Lipinski definition) is 4. The molecule has 0 bridgehead atoms. The van der Waals surface area contributed by atoms with Gasteiger partial charge in [-0.25, -0.2) is 0 Å². The molecule has 1 aromatic carbocycles. The molecular weight excluding hydrogens is 264 g/mol. The summed E-state index contributed by atoms with van der Waals surface area (Å²) < 4.78 is 5.15. The average Bonchev–Trinajstić information content (AvgIpc) is 3.34. The molecule has 2 N–H and O–H groups in total. The minimum absolute atomic E-state index is 0.349. The minimum atomic E-state index is 0.349. The van der Waals surface area contributed by atoms with Crippen LogP contribution in [0.4, 0.5) is 0 Å². The van der Waals surface area contributed by atoms with Gasteiger partial charge in [0.1, 0.15) is 11.5 Å². The minimum Gasteiger partial charge on any atom is -0.507 e. The van der Waals surface area contributed by atoms with Crippen LogP contribution in [0.3, 0.4) is 0 Å². The molecule has 1 aliphatic heterocycles. The number of methoxy groups -OCH3 is 1. The largest absolute Gasteiger partial charge is 0.507 e. The Hall–Kier alpha value is -1.26. The zero-order valence-corrected chi connectivity index (χ0v) is 12.8. The molecule has 1 unspecified atom stereocenters. The molecule has 1 saturated carbocycles. The molecule has 4 nitrogen and oxygen atoms in total. The van der Waals surface area contributed by atoms with Crippen LogP contribution in [0.15, 0.2) is 18.2 Å². The van der Waals surface area contributed by atoms with Gasteiger partial charge in [0, 0.05) is 30.8 Å². The number of phenolic OH excluding ortho intramolecular Hbond substituents is 1. The predicted molar refractivity (Wildman–Crippen MR) is 83.7 cm³/mol. The second kappa shape index (κ2) is 6.67. The first-order valence-electron chi connectivity index (χ1n) is 8.07. The van der Waals surface area contributed by atoms with E-state index in [0.717, 1.165) is 31.1 Å². The highest BCUT2D eigenvalue weighted by Gasteiger charge is 2.31. The van der Waals surface area contributed by atoms with Gasteiger partial charge < -0.3 is 15.2 Å². The molecule has 0 spiro atoms. The van der Waals surface area contributed by atoms with E-state index in [1.54, 1.807) is 13.2 Å². The van der Waals surface area contributed by atoms with Crippen molar-refractivity contribution >= 4 is 0 Å². The van der Waals surface area contributed by atoms with Gasteiger partial charge in [-0.1, -0.05) is 6.07 Å². The van der Waals surface area contributed by atoms with E-state index in [1.165, 1.54) is 32.2 Å². The monoisotopic (exact) mass is 290 g/mol. The van der Waals surface area contributed by atoms with Crippen LogP contribution in [0.5, 0.6) is 11.5 Å². The van der Waals surface area contributed by atoms with Gasteiger partial charge in [0.2, 0.25) is 0 Å². The molecule has 1 saturated heterocycles. The van der Waals surface area contributed by atoms with E-state index in [1.807, 2.05) is 12.1 Å². The Morgan fingerprint density at radius 1 is 1.33 bits per heavy atom. The topological polar surface area (TPSA) is 44.7 Å². The molecule has 4 heteroatoms. The van der Waals surface area contributed by atoms with Crippen LogP contribution in [-0.4, -0.2) is 42.8 Å². The highest BCUT2D eigenvalue weighted by molar-refractivity contribution is 5.39. The lowest BCUT2D eigenvalue weighted by atomic mass is 9.98. The van der Waals surface area contributed by atoms with E-state index in [4.69, 9.17) is 4.74 Å². The standard InChI is InChI=1S/C17H26N2O2/c1-21-16-7-4-14(17(20)9-16)12-19(15-5-6-15)11-13-3-2-8-18-10-13/h4,7,9,13,15,18,20H,2-3,5-6,8,10-12H2,1H3. The van der Waals surface area contributed by atoms with E-state index in [9.17, 15) is 5.11 Å². The lowest BCUT2D eigenvalue weighted by Crippen LogP contribution is -2.39. The summed E-state index contributed by atoms with van der Waals surface area (Å²) in [6.45, 7) is 4.29. The Bertz CT molecular complexity index is 468. The molecule has 1 atom stereocenters. The fourth-order valence-corrected chi connectivity index (χ4v) is 3.22. The van der Waals surface area contributed by atoms with Crippen LogP contribution in [-0.2, 0) is 6.54 Å². The molecule has 3 rings (SSSR count). The summed E-state index contributed by atoms with van der Waals surface area (Å²) in [6, 6.07) is 6.35. The third kappa shape index (κ3) is 3.89. The van der Waals surface area contributed by atoms with Crippen molar-refractivity contribution in [2.24, 2.45) is 5.92 Å². The Balaban J connectivity index is 1.64. The van der Waals surface area contributed by atoms with Crippen molar-refractivity contribution in [3.05, 3.63) is 23.8 Å². The fraction of sp³-hybridized carbons (Fsp3) is 0.647. The first kappa shape index (κ1) is 14.7. The highest BCUT2D eigenvalue weighted by Crippen LogP contribution is 2.32. The van der Waals surface area contributed by atoms with E-state index in [-0.39, 0.29) is 0 Å². The number of nitrogens with zero attached hydrogens (tertiary/aromatic N) is 1. The number of ether oxygens (including phenoxy) is 1. The number of benzene rings is 1. The van der Waals surface area contributed by atoms with Crippen LogP contribution in [0, 0.1) is 5.92 Å². The summed E-state index contributed by atoms with van der Waals surface area (Å²) in [5.41, 5.74) is 1.01. The smallest absolute Gasteiger partial charge is 0.123 e. The van der Waals surface area contributed by atoms with Gasteiger partial charge in [0.15, 0.2) is 0 Å². The molecule has 116 valence electrons. The zero-order chi connectivity index (χ0) is 14.7. The molecule has 2 fully saturated rings. The number of phenols is 1. The molecule has 21 heavy (non-hydrogen) atoms. The SMILES string of the molecule is COc1ccc(CN(CC2CCCNC2)C2CC2)c(O)c1. The van der Waals surface area contributed by atoms with Gasteiger partial charge >= 0.3 is 0 Å². The molecule has 1 heterocycles. The number of aromatic hydroxyl groups is 1. The fourth-order valence-electron chi connectivity index (χ4n) is 3.22. The van der Waals surface area contributed by atoms with Crippen LogP contribution in [0.1, 0.15) is 31.2 Å². The van der Waals surface area contributed by atoms with Crippen molar-refractivity contribution in [3.8, 4) is 11.5 Å².